The van der Waals surface area contributed by atoms with E-state index in [1.54, 1.807) is 4.90 Å². The van der Waals surface area contributed by atoms with Crippen LogP contribution in [0.25, 0.3) is 10.2 Å². The van der Waals surface area contributed by atoms with E-state index in [0.29, 0.717) is 16.4 Å². The maximum absolute atomic E-state index is 14.2. The molecule has 0 aliphatic heterocycles. The Kier molecular flexibility index (Phi) is 6.11. The highest BCUT2D eigenvalue weighted by Crippen LogP contribution is 2.32. The number of thiazole rings is 1. The summed E-state index contributed by atoms with van der Waals surface area (Å²) in [7, 11) is 0. The van der Waals surface area contributed by atoms with Crippen LogP contribution in [0, 0.1) is 18.6 Å². The summed E-state index contributed by atoms with van der Waals surface area (Å²) in [6.45, 7) is 2.31. The summed E-state index contributed by atoms with van der Waals surface area (Å²) in [6.07, 6.45) is 0. The first-order valence-corrected chi connectivity index (χ1v) is 11.1. The molecule has 152 valence electrons. The number of hydrogen-bond acceptors (Lipinski definition) is 4. The van der Waals surface area contributed by atoms with Crippen molar-refractivity contribution in [2.24, 2.45) is 0 Å². The first kappa shape index (κ1) is 20.5. The monoisotopic (exact) mass is 440 g/mol. The summed E-state index contributed by atoms with van der Waals surface area (Å²) < 4.78 is 28.1. The Labute approximate surface area is 181 Å². The molecule has 0 aliphatic rings. The predicted molar refractivity (Wildman–Crippen MR) is 119 cm³/mol. The van der Waals surface area contributed by atoms with E-state index >= 15 is 0 Å². The molecule has 0 fully saturated rings. The molecule has 3 nitrogen and oxygen atoms in total. The van der Waals surface area contributed by atoms with Crippen molar-refractivity contribution in [3.8, 4) is 0 Å². The summed E-state index contributed by atoms with van der Waals surface area (Å²) in [5, 5.41) is 0.354. The van der Waals surface area contributed by atoms with Crippen molar-refractivity contribution in [3.63, 3.8) is 0 Å². The number of nitrogens with zero attached hydrogens (tertiary/aromatic N) is 2. The predicted octanol–water partition coefficient (Wildman–Crippen LogP) is 6.21. The molecule has 1 aromatic heterocycles. The summed E-state index contributed by atoms with van der Waals surface area (Å²) in [5.74, 6) is -1.33. The molecule has 0 bridgehead atoms. The highest BCUT2D eigenvalue weighted by atomic mass is 32.2. The Morgan fingerprint density at radius 2 is 1.80 bits per heavy atom. The zero-order chi connectivity index (χ0) is 21.1. The molecule has 7 heteroatoms. The molecule has 0 radical (unpaired) electrons. The van der Waals surface area contributed by atoms with Gasteiger partial charge in [0.2, 0.25) is 5.91 Å². The van der Waals surface area contributed by atoms with E-state index in [9.17, 15) is 13.6 Å². The Bertz CT molecular complexity index is 1180. The molecule has 4 aromatic rings. The van der Waals surface area contributed by atoms with E-state index in [2.05, 4.69) is 4.98 Å². The molecule has 0 saturated heterocycles. The molecule has 0 saturated carbocycles. The molecule has 0 aliphatic carbocycles. The van der Waals surface area contributed by atoms with Crippen molar-refractivity contribution in [1.82, 2.24) is 4.98 Å². The number of anilines is 1. The van der Waals surface area contributed by atoms with E-state index < -0.39 is 11.6 Å². The normalized spacial score (nSPS) is 11.0. The fourth-order valence-corrected chi connectivity index (χ4v) is 4.74. The lowest BCUT2D eigenvalue weighted by molar-refractivity contribution is -0.116. The van der Waals surface area contributed by atoms with Crippen LogP contribution in [0.2, 0.25) is 0 Å². The van der Waals surface area contributed by atoms with Gasteiger partial charge in [0.15, 0.2) is 10.9 Å². The summed E-state index contributed by atoms with van der Waals surface area (Å²) in [6, 6.07) is 19.5. The second-order valence-corrected chi connectivity index (χ2v) is 8.86. The van der Waals surface area contributed by atoms with Gasteiger partial charge < -0.3 is 0 Å². The van der Waals surface area contributed by atoms with E-state index in [-0.39, 0.29) is 17.2 Å². The largest absolute Gasteiger partial charge is 0.283 e. The van der Waals surface area contributed by atoms with Crippen LogP contribution in [-0.4, -0.2) is 16.6 Å². The molecule has 1 amide bonds. The minimum atomic E-state index is -0.728. The first-order valence-electron chi connectivity index (χ1n) is 9.29. The number of hydrogen-bond donors (Lipinski definition) is 0. The zero-order valence-electron chi connectivity index (χ0n) is 16.1. The Hall–Kier alpha value is -2.77. The number of benzene rings is 3. The number of rotatable bonds is 6. The molecular weight excluding hydrogens is 422 g/mol. The molecule has 3 aromatic carbocycles. The Morgan fingerprint density at radius 3 is 2.53 bits per heavy atom. The first-order chi connectivity index (χ1) is 14.5. The highest BCUT2D eigenvalue weighted by molar-refractivity contribution is 8.00. The molecule has 1 heterocycles. The molecular formula is C23H18F2N2OS2. The Morgan fingerprint density at radius 1 is 1.07 bits per heavy atom. The molecule has 0 N–H and O–H groups in total. The second kappa shape index (κ2) is 8.93. The number of halogens is 2. The van der Waals surface area contributed by atoms with Gasteiger partial charge in [-0.05, 0) is 30.7 Å². The second-order valence-electron chi connectivity index (χ2n) is 6.80. The van der Waals surface area contributed by atoms with Gasteiger partial charge in [0.1, 0.15) is 11.3 Å². The third-order valence-corrected chi connectivity index (χ3v) is 6.52. The van der Waals surface area contributed by atoms with Crippen molar-refractivity contribution in [3.05, 3.63) is 89.5 Å². The van der Waals surface area contributed by atoms with Crippen LogP contribution < -0.4 is 4.90 Å². The van der Waals surface area contributed by atoms with Gasteiger partial charge in [-0.15, -0.1) is 11.8 Å². The summed E-state index contributed by atoms with van der Waals surface area (Å²) in [5.41, 5.74) is 2.16. The Balaban J connectivity index is 1.63. The molecule has 0 atom stereocenters. The SMILES string of the molecule is Cc1ccc(SCC(=O)N(Cc2ccccc2)c2nc3c(F)cc(F)cc3s2)cc1. The van der Waals surface area contributed by atoms with Gasteiger partial charge in [-0.3, -0.25) is 9.69 Å². The molecule has 0 unspecified atom stereocenters. The van der Waals surface area contributed by atoms with E-state index in [1.165, 1.54) is 17.8 Å². The smallest absolute Gasteiger partial charge is 0.239 e. The van der Waals surface area contributed by atoms with Gasteiger partial charge in [0.05, 0.1) is 17.0 Å². The van der Waals surface area contributed by atoms with Gasteiger partial charge in [-0.2, -0.15) is 0 Å². The van der Waals surface area contributed by atoms with Crippen LogP contribution in [0.5, 0.6) is 0 Å². The fraction of sp³-hybridized carbons (Fsp3) is 0.130. The van der Waals surface area contributed by atoms with Crippen molar-refractivity contribution in [1.29, 1.82) is 0 Å². The number of amides is 1. The van der Waals surface area contributed by atoms with E-state index in [0.717, 1.165) is 33.4 Å². The average Bonchev–Trinajstić information content (AvgIpc) is 3.16. The number of carbonyl (C=O) groups excluding carboxylic acids is 1. The maximum atomic E-state index is 14.2. The summed E-state index contributed by atoms with van der Waals surface area (Å²) >= 11 is 2.54. The number of thioether (sulfide) groups is 1. The van der Waals surface area contributed by atoms with E-state index in [4.69, 9.17) is 0 Å². The van der Waals surface area contributed by atoms with E-state index in [1.807, 2.05) is 61.5 Å². The standard InChI is InChI=1S/C23H18F2N2OS2/c1-15-7-9-18(10-8-15)29-14-21(28)27(13-16-5-3-2-4-6-16)23-26-22-19(25)11-17(24)12-20(22)30-23/h2-12H,13-14H2,1H3. The molecule has 0 spiro atoms. The maximum Gasteiger partial charge on any atom is 0.239 e. The minimum absolute atomic E-state index is 0.0773. The van der Waals surface area contributed by atoms with Crippen LogP contribution in [0.4, 0.5) is 13.9 Å². The van der Waals surface area contributed by atoms with Crippen LogP contribution in [-0.2, 0) is 11.3 Å². The van der Waals surface area contributed by atoms with Crippen molar-refractivity contribution in [2.45, 2.75) is 18.4 Å². The minimum Gasteiger partial charge on any atom is -0.283 e. The molecule has 4 rings (SSSR count). The van der Waals surface area contributed by atoms with Crippen LogP contribution >= 0.6 is 23.1 Å². The van der Waals surface area contributed by atoms with Gasteiger partial charge >= 0.3 is 0 Å². The molecule has 30 heavy (non-hydrogen) atoms. The highest BCUT2D eigenvalue weighted by Gasteiger charge is 2.22. The van der Waals surface area contributed by atoms with Gasteiger partial charge in [-0.1, -0.05) is 59.4 Å². The van der Waals surface area contributed by atoms with Crippen LogP contribution in [0.1, 0.15) is 11.1 Å². The third kappa shape index (κ3) is 4.68. The lowest BCUT2D eigenvalue weighted by Gasteiger charge is -2.20. The lowest BCUT2D eigenvalue weighted by Crippen LogP contribution is -2.31. The third-order valence-electron chi connectivity index (χ3n) is 4.50. The van der Waals surface area contributed by atoms with Crippen LogP contribution in [0.15, 0.2) is 71.6 Å². The van der Waals surface area contributed by atoms with Crippen LogP contribution in [0.3, 0.4) is 0 Å². The van der Waals surface area contributed by atoms with Gasteiger partial charge in [0, 0.05) is 11.0 Å². The average molecular weight is 441 g/mol. The lowest BCUT2D eigenvalue weighted by atomic mass is 10.2. The quantitative estimate of drug-likeness (QED) is 0.334. The number of aromatic nitrogens is 1. The van der Waals surface area contributed by atoms with Gasteiger partial charge in [-0.25, -0.2) is 13.8 Å². The van der Waals surface area contributed by atoms with Crippen molar-refractivity contribution >= 4 is 44.4 Å². The van der Waals surface area contributed by atoms with Crippen molar-refractivity contribution in [2.75, 3.05) is 10.7 Å². The number of carbonyl (C=O) groups is 1. The number of aryl methyl sites for hydroxylation is 1. The number of fused-ring (bicyclic) bond motifs is 1. The van der Waals surface area contributed by atoms with Crippen molar-refractivity contribution < 1.29 is 13.6 Å². The zero-order valence-corrected chi connectivity index (χ0v) is 17.8. The topological polar surface area (TPSA) is 33.2 Å². The summed E-state index contributed by atoms with van der Waals surface area (Å²) in [4.78, 5) is 20.0. The fourth-order valence-electron chi connectivity index (χ4n) is 2.95. The van der Waals surface area contributed by atoms with Gasteiger partial charge in [0.25, 0.3) is 0 Å².